The minimum atomic E-state index is -3.53. The first-order valence-corrected chi connectivity index (χ1v) is 9.32. The molecule has 0 aromatic heterocycles. The number of nitrogens with zero attached hydrogens (tertiary/aromatic N) is 2. The average molecular weight is 294 g/mol. The van der Waals surface area contributed by atoms with Crippen LogP contribution < -0.4 is 0 Å². The average Bonchev–Trinajstić information content (AvgIpc) is 2.26. The molecule has 1 heterocycles. The third-order valence-electron chi connectivity index (χ3n) is 3.20. The Bertz CT molecular complexity index is 537. The number of piperidine rings is 1. The normalized spacial score (nSPS) is 21.4. The fourth-order valence-corrected chi connectivity index (χ4v) is 4.81. The van der Waals surface area contributed by atoms with Gasteiger partial charge in [0, 0.05) is 19.3 Å². The molecule has 0 unspecified atom stereocenters. The van der Waals surface area contributed by atoms with Crippen LogP contribution in [0.5, 0.6) is 0 Å². The molecule has 0 saturated carbocycles. The highest BCUT2D eigenvalue weighted by Crippen LogP contribution is 2.30. The summed E-state index contributed by atoms with van der Waals surface area (Å²) in [5, 5.41) is 8.95. The molecule has 0 bridgehead atoms. The summed E-state index contributed by atoms with van der Waals surface area (Å²) >= 11 is 0. The molecule has 0 radical (unpaired) electrons. The lowest BCUT2D eigenvalue weighted by Gasteiger charge is -2.34. The fraction of sp³-hybridized carbons (Fsp3) is 0.900. The van der Waals surface area contributed by atoms with Gasteiger partial charge in [0.1, 0.15) is 9.84 Å². The molecule has 0 aromatic rings. The zero-order chi connectivity index (χ0) is 14.0. The molecule has 1 fully saturated rings. The quantitative estimate of drug-likeness (QED) is 0.726. The summed E-state index contributed by atoms with van der Waals surface area (Å²) in [6, 6.07) is 2.19. The summed E-state index contributed by atoms with van der Waals surface area (Å²) in [6.45, 7) is 2.39. The summed E-state index contributed by atoms with van der Waals surface area (Å²) in [5.41, 5.74) is -0.469. The van der Waals surface area contributed by atoms with Crippen LogP contribution in [-0.4, -0.2) is 52.0 Å². The molecule has 1 rings (SSSR count). The molecule has 1 aliphatic rings. The van der Waals surface area contributed by atoms with Crippen molar-refractivity contribution in [1.82, 2.24) is 4.31 Å². The number of nitriles is 1. The van der Waals surface area contributed by atoms with Crippen LogP contribution in [0.1, 0.15) is 19.8 Å². The Balaban J connectivity index is 2.65. The van der Waals surface area contributed by atoms with Crippen molar-refractivity contribution in [1.29, 1.82) is 5.26 Å². The highest BCUT2D eigenvalue weighted by Gasteiger charge is 2.34. The van der Waals surface area contributed by atoms with E-state index in [0.717, 1.165) is 6.26 Å². The van der Waals surface area contributed by atoms with Gasteiger partial charge in [-0.3, -0.25) is 0 Å². The van der Waals surface area contributed by atoms with Gasteiger partial charge in [-0.25, -0.2) is 21.1 Å². The zero-order valence-corrected chi connectivity index (χ0v) is 12.2. The second kappa shape index (κ2) is 5.15. The van der Waals surface area contributed by atoms with Gasteiger partial charge in [0.2, 0.25) is 10.0 Å². The van der Waals surface area contributed by atoms with E-state index in [2.05, 4.69) is 6.07 Å². The first-order valence-electron chi connectivity index (χ1n) is 5.65. The first-order chi connectivity index (χ1) is 8.08. The SMILES string of the molecule is CC1(C#N)CCN(S(=O)(=O)CCS(C)(=O)=O)CC1. The van der Waals surface area contributed by atoms with Crippen LogP contribution in [0.25, 0.3) is 0 Å². The maximum absolute atomic E-state index is 11.9. The summed E-state index contributed by atoms with van der Waals surface area (Å²) in [6.07, 6.45) is 1.99. The van der Waals surface area contributed by atoms with Gasteiger partial charge in [-0.15, -0.1) is 0 Å². The molecule has 1 saturated heterocycles. The predicted molar refractivity (Wildman–Crippen MR) is 68.0 cm³/mol. The monoisotopic (exact) mass is 294 g/mol. The summed E-state index contributed by atoms with van der Waals surface area (Å²) in [7, 11) is -6.81. The van der Waals surface area contributed by atoms with Gasteiger partial charge in [0.25, 0.3) is 0 Å². The van der Waals surface area contributed by atoms with E-state index in [1.165, 1.54) is 4.31 Å². The van der Waals surface area contributed by atoms with Crippen LogP contribution >= 0.6 is 0 Å². The van der Waals surface area contributed by atoms with Crippen molar-refractivity contribution >= 4 is 19.9 Å². The van der Waals surface area contributed by atoms with Crippen LogP contribution in [0.15, 0.2) is 0 Å². The molecule has 1 aliphatic heterocycles. The van der Waals surface area contributed by atoms with Crippen molar-refractivity contribution in [3.63, 3.8) is 0 Å². The lowest BCUT2D eigenvalue weighted by molar-refractivity contribution is 0.232. The molecule has 18 heavy (non-hydrogen) atoms. The third-order valence-corrected chi connectivity index (χ3v) is 6.28. The van der Waals surface area contributed by atoms with E-state index in [4.69, 9.17) is 5.26 Å². The van der Waals surface area contributed by atoms with Crippen LogP contribution in [0.4, 0.5) is 0 Å². The second-order valence-corrected chi connectivity index (χ2v) is 9.37. The second-order valence-electron chi connectivity index (χ2n) is 5.02. The molecule has 0 aromatic carbocycles. The van der Waals surface area contributed by atoms with Gasteiger partial charge in [0.05, 0.1) is 23.0 Å². The van der Waals surface area contributed by atoms with Crippen molar-refractivity contribution in [2.24, 2.45) is 5.41 Å². The van der Waals surface area contributed by atoms with E-state index in [1.807, 2.05) is 6.92 Å². The summed E-state index contributed by atoms with van der Waals surface area (Å²) in [5.74, 6) is -0.740. The topological polar surface area (TPSA) is 95.3 Å². The number of sulfonamides is 1. The zero-order valence-electron chi connectivity index (χ0n) is 10.6. The molecule has 104 valence electrons. The Morgan fingerprint density at radius 1 is 1.17 bits per heavy atom. The Labute approximate surface area is 109 Å². The van der Waals surface area contributed by atoms with Crippen molar-refractivity contribution in [2.45, 2.75) is 19.8 Å². The van der Waals surface area contributed by atoms with E-state index >= 15 is 0 Å². The van der Waals surface area contributed by atoms with Crippen LogP contribution in [0.3, 0.4) is 0 Å². The molecule has 0 aliphatic carbocycles. The molecule has 0 atom stereocenters. The minimum Gasteiger partial charge on any atom is -0.229 e. The molecular formula is C10H18N2O4S2. The Kier molecular flexibility index (Phi) is 4.41. The van der Waals surface area contributed by atoms with E-state index in [1.54, 1.807) is 0 Å². The minimum absolute atomic E-state index is 0.288. The van der Waals surface area contributed by atoms with Crippen LogP contribution in [0.2, 0.25) is 0 Å². The third kappa shape index (κ3) is 4.23. The molecule has 8 heteroatoms. The van der Waals surface area contributed by atoms with Gasteiger partial charge in [0.15, 0.2) is 0 Å². The van der Waals surface area contributed by atoms with E-state index in [-0.39, 0.29) is 24.6 Å². The lowest BCUT2D eigenvalue weighted by atomic mass is 9.83. The fourth-order valence-electron chi connectivity index (χ4n) is 1.76. The number of sulfone groups is 1. The number of rotatable bonds is 4. The molecule has 0 amide bonds. The van der Waals surface area contributed by atoms with Gasteiger partial charge in [-0.1, -0.05) is 0 Å². The highest BCUT2D eigenvalue weighted by atomic mass is 32.2. The molecule has 0 N–H and O–H groups in total. The van der Waals surface area contributed by atoms with E-state index < -0.39 is 25.3 Å². The first kappa shape index (κ1) is 15.4. The van der Waals surface area contributed by atoms with Gasteiger partial charge in [-0.05, 0) is 19.8 Å². The maximum Gasteiger partial charge on any atom is 0.215 e. The van der Waals surface area contributed by atoms with Crippen LogP contribution in [0, 0.1) is 16.7 Å². The number of hydrogen-bond donors (Lipinski definition) is 0. The van der Waals surface area contributed by atoms with Crippen LogP contribution in [-0.2, 0) is 19.9 Å². The summed E-state index contributed by atoms with van der Waals surface area (Å²) in [4.78, 5) is 0. The standard InChI is InChI=1S/C10H18N2O4S2/c1-10(9-11)3-5-12(6-4-10)18(15,16)8-7-17(2,13)14/h3-8H2,1-2H3. The lowest BCUT2D eigenvalue weighted by Crippen LogP contribution is -2.43. The largest absolute Gasteiger partial charge is 0.229 e. The Hall–Kier alpha value is -0.650. The van der Waals surface area contributed by atoms with Crippen molar-refractivity contribution < 1.29 is 16.8 Å². The van der Waals surface area contributed by atoms with Crippen molar-refractivity contribution in [3.8, 4) is 6.07 Å². The summed E-state index contributed by atoms with van der Waals surface area (Å²) < 4.78 is 47.1. The van der Waals surface area contributed by atoms with Crippen molar-refractivity contribution in [2.75, 3.05) is 30.9 Å². The van der Waals surface area contributed by atoms with E-state index in [0.29, 0.717) is 12.8 Å². The number of hydrogen-bond acceptors (Lipinski definition) is 5. The predicted octanol–water partition coefficient (Wildman–Crippen LogP) is -0.0135. The molecule has 0 spiro atoms. The van der Waals surface area contributed by atoms with E-state index in [9.17, 15) is 16.8 Å². The Morgan fingerprint density at radius 3 is 2.06 bits per heavy atom. The Morgan fingerprint density at radius 2 is 1.67 bits per heavy atom. The smallest absolute Gasteiger partial charge is 0.215 e. The maximum atomic E-state index is 11.9. The van der Waals surface area contributed by atoms with Crippen molar-refractivity contribution in [3.05, 3.63) is 0 Å². The van der Waals surface area contributed by atoms with Gasteiger partial charge >= 0.3 is 0 Å². The van der Waals surface area contributed by atoms with Gasteiger partial charge < -0.3 is 0 Å². The highest BCUT2D eigenvalue weighted by molar-refractivity contribution is 7.93. The molecular weight excluding hydrogens is 276 g/mol. The molecule has 6 nitrogen and oxygen atoms in total. The van der Waals surface area contributed by atoms with Gasteiger partial charge in [-0.2, -0.15) is 5.26 Å².